The Morgan fingerprint density at radius 3 is 2.00 bits per heavy atom. The van der Waals surface area contributed by atoms with Crippen molar-refractivity contribution in [1.29, 1.82) is 0 Å². The number of benzene rings is 2. The van der Waals surface area contributed by atoms with Crippen LogP contribution in [0.25, 0.3) is 0 Å². The number of Topliss-reactive ketones (excluding diaryl/α,β-unsaturated/α-hetero) is 2. The topological polar surface area (TPSA) is 141 Å². The molecule has 0 amide bonds. The third-order valence-corrected chi connectivity index (χ3v) is 10.4. The Kier molecular flexibility index (Phi) is 9.16. The van der Waals surface area contributed by atoms with Crippen LogP contribution in [-0.2, 0) is 46.5 Å². The molecule has 7 unspecified atom stereocenters. The van der Waals surface area contributed by atoms with Crippen molar-refractivity contribution >= 4 is 11.6 Å². The molecule has 7 atom stereocenters. The summed E-state index contributed by atoms with van der Waals surface area (Å²) >= 11 is 0. The van der Waals surface area contributed by atoms with E-state index >= 15 is 0 Å². The molecule has 0 bridgehead atoms. The molecule has 0 radical (unpaired) electrons. The first-order chi connectivity index (χ1) is 21.4. The molecule has 3 N–H and O–H groups in total. The van der Waals surface area contributed by atoms with Gasteiger partial charge in [-0.2, -0.15) is 0 Å². The van der Waals surface area contributed by atoms with E-state index in [1.807, 2.05) is 67.6 Å². The number of ether oxygens (including phenoxy) is 5. The van der Waals surface area contributed by atoms with Crippen LogP contribution in [0.2, 0.25) is 0 Å². The van der Waals surface area contributed by atoms with Crippen LogP contribution in [-0.4, -0.2) is 76.1 Å². The van der Waals surface area contributed by atoms with Gasteiger partial charge in [-0.25, -0.2) is 0 Å². The zero-order valence-electron chi connectivity index (χ0n) is 26.6. The van der Waals surface area contributed by atoms with Gasteiger partial charge in [0.05, 0.1) is 26.4 Å². The van der Waals surface area contributed by atoms with Gasteiger partial charge in [-0.05, 0) is 43.7 Å². The van der Waals surface area contributed by atoms with Crippen molar-refractivity contribution < 1.29 is 48.6 Å². The van der Waals surface area contributed by atoms with Gasteiger partial charge in [0.15, 0.2) is 22.6 Å². The fraction of sp³-hybridized carbons (Fsp3) is 0.543. The van der Waals surface area contributed by atoms with Crippen LogP contribution in [0.3, 0.4) is 0 Å². The lowest BCUT2D eigenvalue weighted by Gasteiger charge is -2.58. The Balaban J connectivity index is 1.59. The van der Waals surface area contributed by atoms with Crippen LogP contribution in [0, 0.1) is 11.3 Å². The average molecular weight is 625 g/mol. The summed E-state index contributed by atoms with van der Waals surface area (Å²) in [7, 11) is 1.26. The summed E-state index contributed by atoms with van der Waals surface area (Å²) in [6, 6.07) is 18.9. The maximum absolute atomic E-state index is 14.1. The molecule has 0 spiro atoms. The summed E-state index contributed by atoms with van der Waals surface area (Å²) in [6.07, 6.45) is -1.10. The zero-order chi connectivity index (χ0) is 32.7. The fourth-order valence-electron chi connectivity index (χ4n) is 8.42. The predicted molar refractivity (Wildman–Crippen MR) is 162 cm³/mol. The number of carbonyl (C=O) groups excluding carboxylic acids is 2. The average Bonchev–Trinajstić information content (AvgIpc) is 3.24. The minimum absolute atomic E-state index is 0.0710. The van der Waals surface area contributed by atoms with Crippen molar-refractivity contribution in [2.45, 2.75) is 88.7 Å². The van der Waals surface area contributed by atoms with Crippen molar-refractivity contribution in [3.8, 4) is 0 Å². The normalized spacial score (nSPS) is 35.8. The molecule has 2 aromatic rings. The first-order valence-corrected chi connectivity index (χ1v) is 15.3. The third kappa shape index (κ3) is 4.65. The molecule has 2 saturated carbocycles. The second kappa shape index (κ2) is 12.3. The summed E-state index contributed by atoms with van der Waals surface area (Å²) < 4.78 is 29.9. The Bertz CT molecular complexity index is 1430. The molecule has 10 heteroatoms. The number of hydrogen-bond acceptors (Lipinski definition) is 10. The standard InChI is InChI=1S/C35H44O10/c1-23-16-17-32(45-22-43-20-27-14-10-7-11-15-27)31(4,18-24(2)36)34(39)29(37)28(41-5)25(3)33(34,38)35(32,40)30(23)44-21-42-19-26-12-8-6-9-13-26/h6-15,23,30,38-40H,16-22H2,1-5H3. The van der Waals surface area contributed by atoms with E-state index in [1.165, 1.54) is 27.9 Å². The Morgan fingerprint density at radius 1 is 0.911 bits per heavy atom. The number of ketones is 2. The molecule has 2 aromatic carbocycles. The molecule has 5 rings (SSSR count). The second-order valence-corrected chi connectivity index (χ2v) is 12.9. The molecule has 3 aliphatic rings. The van der Waals surface area contributed by atoms with E-state index in [-0.39, 0.29) is 56.3 Å². The van der Waals surface area contributed by atoms with Crippen molar-refractivity contribution in [3.63, 3.8) is 0 Å². The van der Waals surface area contributed by atoms with Crippen molar-refractivity contribution in [2.75, 3.05) is 20.7 Å². The number of fused-ring (bicyclic) bond motifs is 3. The van der Waals surface area contributed by atoms with Gasteiger partial charge in [-0.15, -0.1) is 0 Å². The smallest absolute Gasteiger partial charge is 0.232 e. The highest BCUT2D eigenvalue weighted by atomic mass is 16.7. The Morgan fingerprint density at radius 2 is 1.47 bits per heavy atom. The number of aliphatic hydroxyl groups is 3. The van der Waals surface area contributed by atoms with Gasteiger partial charge in [-0.3, -0.25) is 4.79 Å². The highest BCUT2D eigenvalue weighted by Crippen LogP contribution is 2.74. The summed E-state index contributed by atoms with van der Waals surface area (Å²) in [4.78, 5) is 27.1. The lowest BCUT2D eigenvalue weighted by atomic mass is 9.56. The molecule has 2 fully saturated rings. The maximum Gasteiger partial charge on any atom is 0.232 e. The molecule has 10 nitrogen and oxygen atoms in total. The number of rotatable bonds is 13. The van der Waals surface area contributed by atoms with Crippen LogP contribution in [0.15, 0.2) is 72.0 Å². The minimum Gasteiger partial charge on any atom is -0.493 e. The van der Waals surface area contributed by atoms with Crippen LogP contribution < -0.4 is 0 Å². The molecule has 0 aromatic heterocycles. The number of methoxy groups -OCH3 is 1. The van der Waals surface area contributed by atoms with Gasteiger partial charge in [-0.1, -0.05) is 74.5 Å². The Labute approximate surface area is 263 Å². The summed E-state index contributed by atoms with van der Waals surface area (Å²) in [5.41, 5.74) is -9.86. The molecular weight excluding hydrogens is 580 g/mol. The highest BCUT2D eigenvalue weighted by Gasteiger charge is 2.94. The SMILES string of the molecule is COC1=C(C)C2(O)C(O)(C1=O)C(C)(CC(C)=O)C1(OCOCc3ccccc3)CCC(C)C(OCOCc3ccccc3)C12O. The lowest BCUT2D eigenvalue weighted by molar-refractivity contribution is -0.331. The monoisotopic (exact) mass is 624 g/mol. The number of hydrogen-bond donors (Lipinski definition) is 3. The van der Waals surface area contributed by atoms with Gasteiger partial charge < -0.3 is 43.8 Å². The van der Waals surface area contributed by atoms with Crippen molar-refractivity contribution in [1.82, 2.24) is 0 Å². The largest absolute Gasteiger partial charge is 0.493 e. The third-order valence-electron chi connectivity index (χ3n) is 10.4. The molecule has 45 heavy (non-hydrogen) atoms. The molecule has 244 valence electrons. The molecule has 0 aliphatic heterocycles. The summed E-state index contributed by atoms with van der Waals surface area (Å²) in [6.45, 7) is 5.92. The van der Waals surface area contributed by atoms with E-state index < -0.39 is 46.1 Å². The van der Waals surface area contributed by atoms with Gasteiger partial charge >= 0.3 is 0 Å². The van der Waals surface area contributed by atoms with Gasteiger partial charge in [0.1, 0.15) is 25.0 Å². The second-order valence-electron chi connectivity index (χ2n) is 12.9. The summed E-state index contributed by atoms with van der Waals surface area (Å²) in [5, 5.41) is 38.8. The van der Waals surface area contributed by atoms with E-state index in [1.54, 1.807) is 0 Å². The van der Waals surface area contributed by atoms with Crippen molar-refractivity contribution in [2.24, 2.45) is 11.3 Å². The van der Waals surface area contributed by atoms with E-state index in [9.17, 15) is 24.9 Å². The molecule has 0 saturated heterocycles. The van der Waals surface area contributed by atoms with Gasteiger partial charge in [0, 0.05) is 17.4 Å². The highest BCUT2D eigenvalue weighted by molar-refractivity contribution is 6.08. The Hall–Kier alpha value is -2.96. The molecule has 3 aliphatic carbocycles. The van der Waals surface area contributed by atoms with E-state index in [4.69, 9.17) is 23.7 Å². The maximum atomic E-state index is 14.1. The first-order valence-electron chi connectivity index (χ1n) is 15.3. The zero-order valence-corrected chi connectivity index (χ0v) is 26.6. The van der Waals surface area contributed by atoms with Crippen LogP contribution >= 0.6 is 0 Å². The lowest BCUT2D eigenvalue weighted by Crippen LogP contribution is -2.75. The first kappa shape index (κ1) is 33.4. The quantitative estimate of drug-likeness (QED) is 0.224. The van der Waals surface area contributed by atoms with E-state index in [2.05, 4.69) is 0 Å². The van der Waals surface area contributed by atoms with Crippen LogP contribution in [0.1, 0.15) is 58.1 Å². The van der Waals surface area contributed by atoms with Gasteiger partial charge in [0.2, 0.25) is 5.78 Å². The number of carbonyl (C=O) groups is 2. The fourth-order valence-corrected chi connectivity index (χ4v) is 8.42. The summed E-state index contributed by atoms with van der Waals surface area (Å²) in [5.74, 6) is -1.98. The molecule has 0 heterocycles. The minimum atomic E-state index is -2.72. The predicted octanol–water partition coefficient (Wildman–Crippen LogP) is 3.60. The van der Waals surface area contributed by atoms with E-state index in [0.29, 0.717) is 6.42 Å². The van der Waals surface area contributed by atoms with Crippen molar-refractivity contribution in [3.05, 3.63) is 83.1 Å². The van der Waals surface area contributed by atoms with Crippen LogP contribution in [0.4, 0.5) is 0 Å². The molecular formula is C35H44O10. The van der Waals surface area contributed by atoms with E-state index in [0.717, 1.165) is 11.1 Å². The van der Waals surface area contributed by atoms with Gasteiger partial charge in [0.25, 0.3) is 0 Å². The van der Waals surface area contributed by atoms with Crippen LogP contribution in [0.5, 0.6) is 0 Å².